The van der Waals surface area contributed by atoms with Gasteiger partial charge in [0.2, 0.25) is 0 Å². The molecule has 0 saturated heterocycles. The number of hydrogen-bond donors (Lipinski definition) is 0. The fourth-order valence-electron chi connectivity index (χ4n) is 4.41. The van der Waals surface area contributed by atoms with E-state index in [1.54, 1.807) is 6.07 Å². The van der Waals surface area contributed by atoms with Crippen LogP contribution in [0.5, 0.6) is 0 Å². The Morgan fingerprint density at radius 1 is 0.903 bits per heavy atom. The van der Waals surface area contributed by atoms with Gasteiger partial charge in [-0.3, -0.25) is 4.98 Å². The summed E-state index contributed by atoms with van der Waals surface area (Å²) in [4.78, 5) is 5.14. The largest absolute Gasteiger partial charge is 0.252 e. The van der Waals surface area contributed by atoms with E-state index in [9.17, 15) is 8.78 Å². The maximum absolute atomic E-state index is 14.3. The molecule has 160 valence electrons. The molecule has 31 heavy (non-hydrogen) atoms. The molecule has 1 heterocycles. The molecule has 0 atom stereocenters. The zero-order valence-corrected chi connectivity index (χ0v) is 18.7. The van der Waals surface area contributed by atoms with Crippen LogP contribution >= 0.6 is 0 Å². The van der Waals surface area contributed by atoms with Crippen LogP contribution in [0.25, 0.3) is 28.5 Å². The topological polar surface area (TPSA) is 12.9 Å². The first kappa shape index (κ1) is 21.4. The highest BCUT2D eigenvalue weighted by atomic mass is 19.1. The van der Waals surface area contributed by atoms with Crippen molar-refractivity contribution in [3.8, 4) is 22.4 Å². The average Bonchev–Trinajstić information content (AvgIpc) is 2.90. The van der Waals surface area contributed by atoms with Gasteiger partial charge in [-0.25, -0.2) is 8.78 Å². The van der Waals surface area contributed by atoms with E-state index >= 15 is 0 Å². The van der Waals surface area contributed by atoms with E-state index in [4.69, 9.17) is 4.98 Å². The predicted molar refractivity (Wildman–Crippen MR) is 125 cm³/mol. The zero-order valence-electron chi connectivity index (χ0n) is 18.7. The maximum atomic E-state index is 14.3. The molecule has 0 aliphatic heterocycles. The molecular weight excluding hydrogens is 388 g/mol. The van der Waals surface area contributed by atoms with Gasteiger partial charge >= 0.3 is 0 Å². The van der Waals surface area contributed by atoms with E-state index in [0.29, 0.717) is 5.92 Å². The molecule has 0 amide bonds. The number of fused-ring (bicyclic) bond motifs is 3. The molecule has 0 spiro atoms. The van der Waals surface area contributed by atoms with E-state index in [-0.39, 0.29) is 17.6 Å². The van der Waals surface area contributed by atoms with E-state index in [1.807, 2.05) is 18.2 Å². The second kappa shape index (κ2) is 8.74. The van der Waals surface area contributed by atoms with Crippen LogP contribution in [0, 0.1) is 17.6 Å². The Balaban J connectivity index is 2.10. The van der Waals surface area contributed by atoms with Crippen LogP contribution < -0.4 is 0 Å². The van der Waals surface area contributed by atoms with Crippen molar-refractivity contribution in [2.24, 2.45) is 5.92 Å². The van der Waals surface area contributed by atoms with Gasteiger partial charge in [-0.05, 0) is 77.6 Å². The first-order valence-electron chi connectivity index (χ1n) is 11.1. The molecule has 3 heteroatoms. The molecule has 3 aromatic rings. The fraction of sp³-hybridized carbons (Fsp3) is 0.321. The molecule has 0 radical (unpaired) electrons. The molecule has 0 bridgehead atoms. The number of allylic oxidation sites excluding steroid dienone is 1. The number of nitrogens with zero attached hydrogens (tertiary/aromatic N) is 1. The second-order valence-corrected chi connectivity index (χ2v) is 9.03. The number of aromatic nitrogens is 1. The Kier molecular flexibility index (Phi) is 6.04. The highest BCUT2D eigenvalue weighted by Gasteiger charge is 2.25. The summed E-state index contributed by atoms with van der Waals surface area (Å²) in [7, 11) is 0. The van der Waals surface area contributed by atoms with Gasteiger partial charge in [0.15, 0.2) is 0 Å². The van der Waals surface area contributed by atoms with Gasteiger partial charge in [-0.2, -0.15) is 0 Å². The minimum Gasteiger partial charge on any atom is -0.252 e. The molecule has 0 unspecified atom stereocenters. The van der Waals surface area contributed by atoms with Crippen molar-refractivity contribution >= 4 is 6.08 Å². The van der Waals surface area contributed by atoms with Crippen LogP contribution in [0.2, 0.25) is 0 Å². The summed E-state index contributed by atoms with van der Waals surface area (Å²) in [6.07, 6.45) is 7.07. The Labute approximate surface area is 183 Å². The Bertz CT molecular complexity index is 1120. The summed E-state index contributed by atoms with van der Waals surface area (Å²) >= 11 is 0. The molecule has 1 nitrogen and oxygen atoms in total. The average molecular weight is 418 g/mol. The van der Waals surface area contributed by atoms with Gasteiger partial charge in [-0.1, -0.05) is 58.0 Å². The van der Waals surface area contributed by atoms with Crippen molar-refractivity contribution in [2.75, 3.05) is 0 Å². The Morgan fingerprint density at radius 2 is 1.61 bits per heavy atom. The molecule has 0 N–H and O–H groups in total. The molecular formula is C28H29F2N. The van der Waals surface area contributed by atoms with Crippen LogP contribution in [0.4, 0.5) is 8.78 Å². The number of hydrogen-bond acceptors (Lipinski definition) is 1. The van der Waals surface area contributed by atoms with Crippen LogP contribution in [-0.2, 0) is 12.8 Å². The Hall–Kier alpha value is -2.81. The van der Waals surface area contributed by atoms with Crippen molar-refractivity contribution in [2.45, 2.75) is 52.9 Å². The quantitative estimate of drug-likeness (QED) is 0.419. The standard InChI is InChI=1S/C28H29F2N/c1-17(2)8-15-24-26(20-10-12-21(29)13-11-20)23-7-5-6-19-9-14-22(30)16-25(19)28(23)31-27(24)18(3)4/h8-18H,5-7H2,1-4H3/b15-8+. The lowest BCUT2D eigenvalue weighted by molar-refractivity contribution is 0.627. The number of pyridine rings is 1. The molecule has 1 aromatic heterocycles. The van der Waals surface area contributed by atoms with Gasteiger partial charge in [0.1, 0.15) is 11.6 Å². The Morgan fingerprint density at radius 3 is 2.29 bits per heavy atom. The number of aryl methyl sites for hydroxylation is 1. The summed E-state index contributed by atoms with van der Waals surface area (Å²) in [5, 5.41) is 0. The van der Waals surface area contributed by atoms with E-state index in [1.165, 1.54) is 18.2 Å². The third kappa shape index (κ3) is 4.32. The van der Waals surface area contributed by atoms with Gasteiger partial charge in [-0.15, -0.1) is 0 Å². The first-order valence-corrected chi connectivity index (χ1v) is 11.1. The van der Waals surface area contributed by atoms with Gasteiger partial charge in [0.05, 0.1) is 11.4 Å². The third-order valence-corrected chi connectivity index (χ3v) is 5.89. The van der Waals surface area contributed by atoms with Crippen LogP contribution in [0.1, 0.15) is 62.4 Å². The summed E-state index contributed by atoms with van der Waals surface area (Å²) in [5.41, 5.74) is 8.18. The first-order chi connectivity index (χ1) is 14.8. The van der Waals surface area contributed by atoms with Crippen molar-refractivity contribution in [1.29, 1.82) is 0 Å². The summed E-state index contributed by atoms with van der Waals surface area (Å²) in [5.74, 6) is 0.0950. The molecule has 4 rings (SSSR count). The summed E-state index contributed by atoms with van der Waals surface area (Å²) in [6.45, 7) is 8.58. The zero-order chi connectivity index (χ0) is 22.1. The smallest absolute Gasteiger partial charge is 0.123 e. The van der Waals surface area contributed by atoms with Gasteiger partial charge in [0.25, 0.3) is 0 Å². The molecule has 0 saturated carbocycles. The number of benzene rings is 2. The summed E-state index contributed by atoms with van der Waals surface area (Å²) < 4.78 is 28.0. The molecule has 1 aliphatic carbocycles. The minimum atomic E-state index is -0.250. The van der Waals surface area contributed by atoms with E-state index < -0.39 is 0 Å². The lowest BCUT2D eigenvalue weighted by Crippen LogP contribution is -2.07. The molecule has 0 fully saturated rings. The van der Waals surface area contributed by atoms with Crippen LogP contribution in [0.3, 0.4) is 0 Å². The van der Waals surface area contributed by atoms with Crippen molar-refractivity contribution in [3.05, 3.63) is 82.6 Å². The van der Waals surface area contributed by atoms with Crippen LogP contribution in [0.15, 0.2) is 48.5 Å². The molecule has 2 aromatic carbocycles. The molecule has 1 aliphatic rings. The summed E-state index contributed by atoms with van der Waals surface area (Å²) in [6, 6.07) is 11.8. The lowest BCUT2D eigenvalue weighted by Gasteiger charge is -2.22. The minimum absolute atomic E-state index is 0.191. The van der Waals surface area contributed by atoms with Crippen molar-refractivity contribution in [1.82, 2.24) is 4.98 Å². The highest BCUT2D eigenvalue weighted by molar-refractivity contribution is 5.85. The number of halogens is 2. The van der Waals surface area contributed by atoms with Crippen LogP contribution in [-0.4, -0.2) is 4.98 Å². The van der Waals surface area contributed by atoms with Crippen molar-refractivity contribution < 1.29 is 8.78 Å². The van der Waals surface area contributed by atoms with Crippen molar-refractivity contribution in [3.63, 3.8) is 0 Å². The highest BCUT2D eigenvalue weighted by Crippen LogP contribution is 2.42. The SMILES string of the molecule is CC(C)/C=C/c1c(C(C)C)nc2c(c1-c1ccc(F)cc1)CCCc1ccc(F)cc1-2. The van der Waals surface area contributed by atoms with E-state index in [2.05, 4.69) is 39.8 Å². The van der Waals surface area contributed by atoms with Gasteiger partial charge < -0.3 is 0 Å². The maximum Gasteiger partial charge on any atom is 0.123 e. The number of rotatable bonds is 4. The lowest BCUT2D eigenvalue weighted by atomic mass is 9.86. The normalized spacial score (nSPS) is 13.5. The third-order valence-electron chi connectivity index (χ3n) is 5.89. The second-order valence-electron chi connectivity index (χ2n) is 9.03. The fourth-order valence-corrected chi connectivity index (χ4v) is 4.41. The van der Waals surface area contributed by atoms with Gasteiger partial charge in [0, 0.05) is 11.1 Å². The van der Waals surface area contributed by atoms with E-state index in [0.717, 1.165) is 64.0 Å². The predicted octanol–water partition coefficient (Wildman–Crippen LogP) is 7.98. The monoisotopic (exact) mass is 417 g/mol.